The molecular weight excluding hydrogens is 424 g/mol. The van der Waals surface area contributed by atoms with Crippen LogP contribution in [0.25, 0.3) is 0 Å². The maximum Gasteiger partial charge on any atom is 0.243 e. The van der Waals surface area contributed by atoms with Crippen LogP contribution in [0.2, 0.25) is 0 Å². The number of thioether (sulfide) groups is 1. The molecular formula is C22H25F2N3O3S. The van der Waals surface area contributed by atoms with E-state index >= 15 is 0 Å². The lowest BCUT2D eigenvalue weighted by Crippen LogP contribution is -2.38. The van der Waals surface area contributed by atoms with Gasteiger partial charge in [0.1, 0.15) is 0 Å². The largest absolute Gasteiger partial charge is 0.378 e. The molecule has 1 N–H and O–H groups in total. The van der Waals surface area contributed by atoms with E-state index < -0.39 is 11.6 Å². The Morgan fingerprint density at radius 3 is 2.45 bits per heavy atom. The van der Waals surface area contributed by atoms with Crippen molar-refractivity contribution in [2.45, 2.75) is 11.8 Å². The van der Waals surface area contributed by atoms with Gasteiger partial charge in [-0.3, -0.25) is 9.59 Å². The Kier molecular flexibility index (Phi) is 8.25. The van der Waals surface area contributed by atoms with Crippen molar-refractivity contribution in [1.29, 1.82) is 0 Å². The Morgan fingerprint density at radius 1 is 1.10 bits per heavy atom. The van der Waals surface area contributed by atoms with Crippen LogP contribution in [0.5, 0.6) is 0 Å². The maximum absolute atomic E-state index is 13.3. The van der Waals surface area contributed by atoms with Gasteiger partial charge in [-0.25, -0.2) is 8.78 Å². The lowest BCUT2D eigenvalue weighted by atomic mass is 10.2. The number of benzene rings is 2. The fraction of sp³-hybridized carbons (Fsp3) is 0.364. The third kappa shape index (κ3) is 6.67. The summed E-state index contributed by atoms with van der Waals surface area (Å²) in [5.41, 5.74) is 1.72. The third-order valence-corrected chi connectivity index (χ3v) is 5.83. The number of hydrogen-bond donors (Lipinski definition) is 1. The summed E-state index contributed by atoms with van der Waals surface area (Å²) in [6, 6.07) is 11.1. The number of amides is 2. The van der Waals surface area contributed by atoms with Crippen molar-refractivity contribution in [2.75, 3.05) is 55.4 Å². The highest BCUT2D eigenvalue weighted by Crippen LogP contribution is 2.21. The van der Waals surface area contributed by atoms with Gasteiger partial charge >= 0.3 is 0 Å². The number of rotatable bonds is 8. The van der Waals surface area contributed by atoms with E-state index in [-0.39, 0.29) is 24.1 Å². The summed E-state index contributed by atoms with van der Waals surface area (Å²) < 4.78 is 31.7. The lowest BCUT2D eigenvalue weighted by molar-refractivity contribution is -0.132. The van der Waals surface area contributed by atoms with Crippen LogP contribution >= 0.6 is 11.8 Å². The minimum absolute atomic E-state index is 0.0282. The monoisotopic (exact) mass is 449 g/mol. The third-order valence-electron chi connectivity index (χ3n) is 4.85. The molecule has 166 valence electrons. The molecule has 1 saturated heterocycles. The molecule has 2 aromatic rings. The normalized spacial score (nSPS) is 13.7. The molecule has 0 radical (unpaired) electrons. The van der Waals surface area contributed by atoms with E-state index in [1.54, 1.807) is 6.92 Å². The van der Waals surface area contributed by atoms with Gasteiger partial charge in [0.05, 0.1) is 25.5 Å². The number of carbonyl (C=O) groups excluding carboxylic acids is 2. The number of carbonyl (C=O) groups is 2. The summed E-state index contributed by atoms with van der Waals surface area (Å²) in [5, 5.41) is 2.81. The molecule has 0 saturated carbocycles. The maximum atomic E-state index is 13.3. The summed E-state index contributed by atoms with van der Waals surface area (Å²) in [6.45, 7) is 5.13. The molecule has 2 aromatic carbocycles. The second-order valence-electron chi connectivity index (χ2n) is 6.97. The fourth-order valence-corrected chi connectivity index (χ4v) is 3.95. The molecule has 31 heavy (non-hydrogen) atoms. The topological polar surface area (TPSA) is 61.9 Å². The van der Waals surface area contributed by atoms with Gasteiger partial charge in [-0.1, -0.05) is 0 Å². The predicted molar refractivity (Wildman–Crippen MR) is 117 cm³/mol. The summed E-state index contributed by atoms with van der Waals surface area (Å²) in [7, 11) is 0. The quantitative estimate of drug-likeness (QED) is 0.626. The molecule has 0 bridgehead atoms. The number of nitrogens with zero attached hydrogens (tertiary/aromatic N) is 2. The standard InChI is InChI=1S/C22H25F2N3O3S/c1-2-26(22(29)15-31-18-7-8-19(23)20(24)13-18)14-21(28)25-16-3-5-17(6-4-16)27-9-11-30-12-10-27/h3-8,13H,2,9-12,14-15H2,1H3,(H,25,28). The van der Waals surface area contributed by atoms with E-state index in [0.29, 0.717) is 30.3 Å². The van der Waals surface area contributed by atoms with Crippen LogP contribution in [-0.4, -0.2) is 61.9 Å². The van der Waals surface area contributed by atoms with Crippen molar-refractivity contribution in [3.63, 3.8) is 0 Å². The van der Waals surface area contributed by atoms with Crippen molar-refractivity contribution in [1.82, 2.24) is 4.90 Å². The van der Waals surface area contributed by atoms with E-state index in [1.165, 1.54) is 11.0 Å². The van der Waals surface area contributed by atoms with E-state index in [4.69, 9.17) is 4.74 Å². The molecule has 6 nitrogen and oxygen atoms in total. The number of halogens is 2. The first-order valence-corrected chi connectivity index (χ1v) is 11.0. The molecule has 3 rings (SSSR count). The number of anilines is 2. The summed E-state index contributed by atoms with van der Waals surface area (Å²) >= 11 is 1.10. The second kappa shape index (κ2) is 11.1. The minimum atomic E-state index is -0.955. The minimum Gasteiger partial charge on any atom is -0.378 e. The van der Waals surface area contributed by atoms with Crippen molar-refractivity contribution < 1.29 is 23.1 Å². The van der Waals surface area contributed by atoms with Gasteiger partial charge in [-0.15, -0.1) is 11.8 Å². The van der Waals surface area contributed by atoms with Gasteiger partial charge in [0.15, 0.2) is 11.6 Å². The number of morpholine rings is 1. The van der Waals surface area contributed by atoms with Crippen LogP contribution in [0.1, 0.15) is 6.92 Å². The van der Waals surface area contributed by atoms with Crippen LogP contribution in [0, 0.1) is 11.6 Å². The van der Waals surface area contributed by atoms with Gasteiger partial charge in [-0.05, 0) is 49.4 Å². The van der Waals surface area contributed by atoms with Gasteiger partial charge in [0, 0.05) is 35.9 Å². The first-order chi connectivity index (χ1) is 15.0. The number of hydrogen-bond acceptors (Lipinski definition) is 5. The molecule has 1 heterocycles. The number of nitrogens with one attached hydrogen (secondary N) is 1. The summed E-state index contributed by atoms with van der Waals surface area (Å²) in [4.78, 5) is 28.9. The Bertz CT molecular complexity index is 905. The number of ether oxygens (including phenoxy) is 1. The zero-order valence-electron chi connectivity index (χ0n) is 17.3. The Balaban J connectivity index is 1.49. The van der Waals surface area contributed by atoms with Crippen molar-refractivity contribution in [2.24, 2.45) is 0 Å². The molecule has 0 aliphatic carbocycles. The van der Waals surface area contributed by atoms with Crippen molar-refractivity contribution in [3.8, 4) is 0 Å². The molecule has 0 atom stereocenters. The van der Waals surface area contributed by atoms with Gasteiger partial charge in [0.2, 0.25) is 11.8 Å². The SMILES string of the molecule is CCN(CC(=O)Nc1ccc(N2CCOCC2)cc1)C(=O)CSc1ccc(F)c(F)c1. The van der Waals surface area contributed by atoms with Crippen molar-refractivity contribution in [3.05, 3.63) is 54.1 Å². The van der Waals surface area contributed by atoms with Crippen LogP contribution in [0.15, 0.2) is 47.4 Å². The van der Waals surface area contributed by atoms with Gasteiger partial charge < -0.3 is 19.9 Å². The highest BCUT2D eigenvalue weighted by Gasteiger charge is 2.17. The van der Waals surface area contributed by atoms with E-state index in [2.05, 4.69) is 10.2 Å². The Morgan fingerprint density at radius 2 is 1.81 bits per heavy atom. The van der Waals surface area contributed by atoms with Crippen molar-refractivity contribution >= 4 is 35.0 Å². The van der Waals surface area contributed by atoms with Gasteiger partial charge in [-0.2, -0.15) is 0 Å². The molecule has 0 unspecified atom stereocenters. The van der Waals surface area contributed by atoms with Crippen LogP contribution < -0.4 is 10.2 Å². The molecule has 0 aromatic heterocycles. The van der Waals surface area contributed by atoms with Crippen LogP contribution in [-0.2, 0) is 14.3 Å². The highest BCUT2D eigenvalue weighted by molar-refractivity contribution is 8.00. The molecule has 0 spiro atoms. The zero-order chi connectivity index (χ0) is 22.2. The first-order valence-electron chi connectivity index (χ1n) is 10.0. The smallest absolute Gasteiger partial charge is 0.243 e. The van der Waals surface area contributed by atoms with Gasteiger partial charge in [0.25, 0.3) is 0 Å². The second-order valence-corrected chi connectivity index (χ2v) is 8.02. The van der Waals surface area contributed by atoms with E-state index in [1.807, 2.05) is 24.3 Å². The highest BCUT2D eigenvalue weighted by atomic mass is 32.2. The number of likely N-dealkylation sites (N-methyl/N-ethyl adjacent to an activating group) is 1. The zero-order valence-corrected chi connectivity index (χ0v) is 18.1. The van der Waals surface area contributed by atoms with E-state index in [0.717, 1.165) is 42.7 Å². The Hall–Kier alpha value is -2.65. The average molecular weight is 450 g/mol. The molecule has 1 aliphatic heterocycles. The molecule has 2 amide bonds. The predicted octanol–water partition coefficient (Wildman–Crippen LogP) is 3.38. The molecule has 1 fully saturated rings. The van der Waals surface area contributed by atoms with E-state index in [9.17, 15) is 18.4 Å². The lowest BCUT2D eigenvalue weighted by Gasteiger charge is -2.29. The molecule has 9 heteroatoms. The summed E-state index contributed by atoms with van der Waals surface area (Å²) in [6.07, 6.45) is 0. The average Bonchev–Trinajstić information content (AvgIpc) is 2.79. The Labute approximate surface area is 184 Å². The first kappa shape index (κ1) is 23.0. The molecule has 1 aliphatic rings. The fourth-order valence-electron chi connectivity index (χ4n) is 3.13. The van der Waals surface area contributed by atoms with Crippen LogP contribution in [0.3, 0.4) is 0 Å². The summed E-state index contributed by atoms with van der Waals surface area (Å²) in [5.74, 6) is -2.41. The van der Waals surface area contributed by atoms with Crippen LogP contribution in [0.4, 0.5) is 20.2 Å².